The minimum Gasteiger partial charge on any atom is -0.339 e. The zero-order valence-electron chi connectivity index (χ0n) is 10.6. The van der Waals surface area contributed by atoms with Crippen molar-refractivity contribution in [3.63, 3.8) is 0 Å². The summed E-state index contributed by atoms with van der Waals surface area (Å²) in [7, 11) is 0. The minimum absolute atomic E-state index is 0.0935. The molecule has 0 saturated carbocycles. The van der Waals surface area contributed by atoms with Crippen LogP contribution in [0.5, 0.6) is 0 Å². The van der Waals surface area contributed by atoms with Gasteiger partial charge in [0.2, 0.25) is 5.91 Å². The van der Waals surface area contributed by atoms with Gasteiger partial charge in [-0.1, -0.05) is 20.4 Å². The molecule has 2 aliphatic heterocycles. The van der Waals surface area contributed by atoms with Gasteiger partial charge < -0.3 is 10.2 Å². The molecule has 1 unspecified atom stereocenters. The molecule has 0 aromatic heterocycles. The Morgan fingerprint density at radius 1 is 1.44 bits per heavy atom. The average Bonchev–Trinajstić information content (AvgIpc) is 2.79. The van der Waals surface area contributed by atoms with Gasteiger partial charge in [-0.3, -0.25) is 4.79 Å². The predicted octanol–water partition coefficient (Wildman–Crippen LogP) is 1.80. The van der Waals surface area contributed by atoms with Crippen molar-refractivity contribution in [3.8, 4) is 0 Å². The third-order valence-electron chi connectivity index (χ3n) is 3.48. The molecule has 92 valence electrons. The first-order valence-electron chi connectivity index (χ1n) is 6.38. The summed E-state index contributed by atoms with van der Waals surface area (Å²) < 4.78 is 0. The molecule has 1 atom stereocenters. The van der Waals surface area contributed by atoms with Gasteiger partial charge in [0, 0.05) is 25.0 Å². The fourth-order valence-electron chi connectivity index (χ4n) is 2.67. The molecule has 2 aliphatic rings. The third-order valence-corrected chi connectivity index (χ3v) is 3.48. The molecule has 1 N–H and O–H groups in total. The van der Waals surface area contributed by atoms with Crippen LogP contribution in [0, 0.1) is 5.41 Å². The maximum atomic E-state index is 11.5. The molecule has 3 heteroatoms. The van der Waals surface area contributed by atoms with Gasteiger partial charge in [-0.05, 0) is 31.9 Å². The maximum absolute atomic E-state index is 11.5. The van der Waals surface area contributed by atoms with Crippen LogP contribution in [-0.2, 0) is 4.79 Å². The lowest BCUT2D eigenvalue weighted by Crippen LogP contribution is -2.46. The zero-order chi connectivity index (χ0) is 12.0. The summed E-state index contributed by atoms with van der Waals surface area (Å²) in [4.78, 5) is 13.4. The molecule has 0 radical (unpaired) electrons. The van der Waals surface area contributed by atoms with E-state index < -0.39 is 0 Å². The summed E-state index contributed by atoms with van der Waals surface area (Å²) in [6, 6.07) is 0. The Kier molecular flexibility index (Phi) is 5.00. The van der Waals surface area contributed by atoms with Gasteiger partial charge >= 0.3 is 0 Å². The van der Waals surface area contributed by atoms with Crippen LogP contribution in [0.2, 0.25) is 0 Å². The lowest BCUT2D eigenvalue weighted by molar-refractivity contribution is -0.129. The number of hydrogen-bond acceptors (Lipinski definition) is 2. The summed E-state index contributed by atoms with van der Waals surface area (Å²) in [5.74, 6) is 0.0935. The molecular formula is C13H24N2O. The standard InChI is InChI=1S/C11H18N2O.C2H6/c1-2-10(14)13-7-3-4-11(9-13)5-6-12-8-11;1-2/h2,12H,1,3-9H2;1-2H3. The van der Waals surface area contributed by atoms with Crippen molar-refractivity contribution >= 4 is 5.91 Å². The van der Waals surface area contributed by atoms with E-state index in [0.717, 1.165) is 32.6 Å². The van der Waals surface area contributed by atoms with E-state index in [9.17, 15) is 4.79 Å². The molecule has 2 heterocycles. The molecule has 2 rings (SSSR count). The molecule has 0 aliphatic carbocycles. The molecule has 0 aromatic carbocycles. The second-order valence-corrected chi connectivity index (χ2v) is 4.49. The fourth-order valence-corrected chi connectivity index (χ4v) is 2.67. The summed E-state index contributed by atoms with van der Waals surface area (Å²) >= 11 is 0. The van der Waals surface area contributed by atoms with Crippen molar-refractivity contribution in [1.29, 1.82) is 0 Å². The Labute approximate surface area is 98.9 Å². The van der Waals surface area contributed by atoms with Gasteiger partial charge in [-0.2, -0.15) is 0 Å². The number of nitrogens with zero attached hydrogens (tertiary/aromatic N) is 1. The Morgan fingerprint density at radius 3 is 2.75 bits per heavy atom. The van der Waals surface area contributed by atoms with Crippen molar-refractivity contribution < 1.29 is 4.79 Å². The Bertz CT molecular complexity index is 244. The quantitative estimate of drug-likeness (QED) is 0.689. The van der Waals surface area contributed by atoms with Crippen LogP contribution in [0.4, 0.5) is 0 Å². The van der Waals surface area contributed by atoms with Crippen molar-refractivity contribution in [3.05, 3.63) is 12.7 Å². The van der Waals surface area contributed by atoms with Crippen LogP contribution >= 0.6 is 0 Å². The molecular weight excluding hydrogens is 200 g/mol. The van der Waals surface area contributed by atoms with Crippen molar-refractivity contribution in [2.75, 3.05) is 26.2 Å². The van der Waals surface area contributed by atoms with Crippen LogP contribution in [0.15, 0.2) is 12.7 Å². The van der Waals surface area contributed by atoms with Gasteiger partial charge in [0.1, 0.15) is 0 Å². The van der Waals surface area contributed by atoms with Gasteiger partial charge in [-0.15, -0.1) is 0 Å². The fraction of sp³-hybridized carbons (Fsp3) is 0.769. The van der Waals surface area contributed by atoms with E-state index in [0.29, 0.717) is 5.41 Å². The third kappa shape index (κ3) is 2.85. The molecule has 16 heavy (non-hydrogen) atoms. The number of carbonyl (C=O) groups is 1. The number of hydrogen-bond donors (Lipinski definition) is 1. The monoisotopic (exact) mass is 224 g/mol. The van der Waals surface area contributed by atoms with Gasteiger partial charge in [0.25, 0.3) is 0 Å². The van der Waals surface area contributed by atoms with Crippen LogP contribution < -0.4 is 5.32 Å². The normalized spacial score (nSPS) is 28.5. The van der Waals surface area contributed by atoms with E-state index in [4.69, 9.17) is 0 Å². The van der Waals surface area contributed by atoms with Crippen molar-refractivity contribution in [1.82, 2.24) is 10.2 Å². The van der Waals surface area contributed by atoms with Crippen molar-refractivity contribution in [2.45, 2.75) is 33.1 Å². The largest absolute Gasteiger partial charge is 0.339 e. The molecule has 1 amide bonds. The number of piperidine rings is 1. The smallest absolute Gasteiger partial charge is 0.245 e. The summed E-state index contributed by atoms with van der Waals surface area (Å²) in [5, 5.41) is 3.40. The van der Waals surface area contributed by atoms with Gasteiger partial charge in [0.05, 0.1) is 0 Å². The maximum Gasteiger partial charge on any atom is 0.245 e. The average molecular weight is 224 g/mol. The zero-order valence-corrected chi connectivity index (χ0v) is 10.6. The number of likely N-dealkylation sites (tertiary alicyclic amines) is 1. The summed E-state index contributed by atoms with van der Waals surface area (Å²) in [6.45, 7) is 11.6. The summed E-state index contributed by atoms with van der Waals surface area (Å²) in [5.41, 5.74) is 0.372. The molecule has 0 aromatic rings. The lowest BCUT2D eigenvalue weighted by atomic mass is 9.79. The van der Waals surface area contributed by atoms with E-state index in [1.165, 1.54) is 18.9 Å². The first-order chi connectivity index (χ1) is 7.76. The lowest BCUT2D eigenvalue weighted by Gasteiger charge is -2.39. The van der Waals surface area contributed by atoms with Crippen LogP contribution in [0.1, 0.15) is 33.1 Å². The van der Waals surface area contributed by atoms with E-state index in [1.807, 2.05) is 18.7 Å². The van der Waals surface area contributed by atoms with E-state index >= 15 is 0 Å². The highest BCUT2D eigenvalue weighted by molar-refractivity contribution is 5.87. The highest BCUT2D eigenvalue weighted by Crippen LogP contribution is 2.35. The second-order valence-electron chi connectivity index (χ2n) is 4.49. The van der Waals surface area contributed by atoms with E-state index in [1.54, 1.807) is 0 Å². The van der Waals surface area contributed by atoms with Crippen LogP contribution in [0.25, 0.3) is 0 Å². The molecule has 0 bridgehead atoms. The number of rotatable bonds is 1. The van der Waals surface area contributed by atoms with E-state index in [-0.39, 0.29) is 5.91 Å². The second kappa shape index (κ2) is 6.04. The topological polar surface area (TPSA) is 32.3 Å². The Balaban J connectivity index is 0.000000606. The first-order valence-corrected chi connectivity index (χ1v) is 6.38. The van der Waals surface area contributed by atoms with Gasteiger partial charge in [0.15, 0.2) is 0 Å². The minimum atomic E-state index is 0.0935. The van der Waals surface area contributed by atoms with Crippen LogP contribution in [-0.4, -0.2) is 37.0 Å². The number of amides is 1. The Hall–Kier alpha value is -0.830. The Morgan fingerprint density at radius 2 is 2.19 bits per heavy atom. The highest BCUT2D eigenvalue weighted by atomic mass is 16.2. The number of nitrogens with one attached hydrogen (secondary N) is 1. The molecule has 2 saturated heterocycles. The predicted molar refractivity (Wildman–Crippen MR) is 67.3 cm³/mol. The van der Waals surface area contributed by atoms with Crippen molar-refractivity contribution in [2.24, 2.45) is 5.41 Å². The number of carbonyl (C=O) groups excluding carboxylic acids is 1. The van der Waals surface area contributed by atoms with Gasteiger partial charge in [-0.25, -0.2) is 0 Å². The summed E-state index contributed by atoms with van der Waals surface area (Å²) in [6.07, 6.45) is 5.05. The molecule has 2 fully saturated rings. The SMILES string of the molecule is C=CC(=O)N1CCCC2(CCNC2)C1.CC. The highest BCUT2D eigenvalue weighted by Gasteiger charge is 2.38. The first kappa shape index (κ1) is 13.2. The molecule has 3 nitrogen and oxygen atoms in total. The van der Waals surface area contributed by atoms with E-state index in [2.05, 4.69) is 11.9 Å². The molecule has 1 spiro atoms. The van der Waals surface area contributed by atoms with Crippen LogP contribution in [0.3, 0.4) is 0 Å².